The van der Waals surface area contributed by atoms with Gasteiger partial charge in [-0.15, -0.1) is 0 Å². The maximum absolute atomic E-state index is 12.8. The number of benzene rings is 2. The highest BCUT2D eigenvalue weighted by molar-refractivity contribution is 7.81. The zero-order valence-electron chi connectivity index (χ0n) is 18.6. The van der Waals surface area contributed by atoms with E-state index < -0.39 is 24.3 Å². The first-order valence-corrected chi connectivity index (χ1v) is 11.2. The fourth-order valence-electron chi connectivity index (χ4n) is 3.27. The Labute approximate surface area is 202 Å². The number of rotatable bonds is 12. The summed E-state index contributed by atoms with van der Waals surface area (Å²) in [5.74, 6) is 1.10. The van der Waals surface area contributed by atoms with E-state index in [2.05, 4.69) is 17.9 Å². The molecule has 0 saturated carbocycles. The molecule has 0 aliphatic carbocycles. The van der Waals surface area contributed by atoms with Gasteiger partial charge in [0.05, 0.1) is 19.0 Å². The molecule has 0 saturated heterocycles. The van der Waals surface area contributed by atoms with Crippen molar-refractivity contribution in [3.05, 3.63) is 48.0 Å². The summed E-state index contributed by atoms with van der Waals surface area (Å²) in [7, 11) is 1.48. The minimum absolute atomic E-state index is 0.0419. The monoisotopic (exact) mass is 493 g/mol. The van der Waals surface area contributed by atoms with Crippen LogP contribution in [-0.4, -0.2) is 62.7 Å². The minimum Gasteiger partial charge on any atom is -0.491 e. The molecule has 1 aliphatic rings. The largest absolute Gasteiger partial charge is 0.491 e. The molecule has 2 N–H and O–H groups in total. The van der Waals surface area contributed by atoms with Crippen LogP contribution < -0.4 is 19.5 Å². The zero-order chi connectivity index (χ0) is 24.3. The van der Waals surface area contributed by atoms with Crippen LogP contribution in [0, 0.1) is 0 Å². The van der Waals surface area contributed by atoms with E-state index in [0.29, 0.717) is 28.5 Å². The Balaban J connectivity index is 1.75. The molecule has 0 aromatic heterocycles. The van der Waals surface area contributed by atoms with Crippen molar-refractivity contribution in [3.8, 4) is 17.2 Å². The van der Waals surface area contributed by atoms with Crippen LogP contribution >= 0.6 is 12.6 Å². The number of aliphatic hydroxyl groups excluding tert-OH is 1. The highest BCUT2D eigenvalue weighted by atomic mass is 32.1. The smallest absolute Gasteiger partial charge is 0.412 e. The lowest BCUT2D eigenvalue weighted by atomic mass is 10.0. The minimum atomic E-state index is -0.855. The van der Waals surface area contributed by atoms with Gasteiger partial charge in [-0.3, -0.25) is 10.1 Å². The maximum Gasteiger partial charge on any atom is 0.412 e. The van der Waals surface area contributed by atoms with Crippen molar-refractivity contribution < 1.29 is 43.1 Å². The molecule has 34 heavy (non-hydrogen) atoms. The van der Waals surface area contributed by atoms with Crippen molar-refractivity contribution in [2.45, 2.75) is 18.6 Å². The summed E-state index contributed by atoms with van der Waals surface area (Å²) < 4.78 is 32.5. The molecule has 2 aromatic rings. The second-order valence-electron chi connectivity index (χ2n) is 7.10. The van der Waals surface area contributed by atoms with E-state index in [1.807, 2.05) is 0 Å². The summed E-state index contributed by atoms with van der Waals surface area (Å²) in [4.78, 5) is 24.2. The summed E-state index contributed by atoms with van der Waals surface area (Å²) in [5, 5.41) is 11.7. The molecule has 1 amide bonds. The number of methoxy groups -OCH3 is 1. The number of fused-ring (bicyclic) bond motifs is 1. The Kier molecular flexibility index (Phi) is 9.68. The van der Waals surface area contributed by atoms with Gasteiger partial charge >= 0.3 is 12.1 Å². The molecule has 2 atom stereocenters. The topological polar surface area (TPSA) is 122 Å². The average molecular weight is 494 g/mol. The summed E-state index contributed by atoms with van der Waals surface area (Å²) in [6.07, 6.45) is -1.95. The number of carbonyl (C=O) groups excluding carboxylic acids is 2. The zero-order valence-corrected chi connectivity index (χ0v) is 19.5. The molecule has 0 unspecified atom stereocenters. The van der Waals surface area contributed by atoms with Crippen molar-refractivity contribution in [1.29, 1.82) is 0 Å². The van der Waals surface area contributed by atoms with Gasteiger partial charge in [-0.05, 0) is 29.8 Å². The van der Waals surface area contributed by atoms with Crippen molar-refractivity contribution in [3.63, 3.8) is 0 Å². The molecular weight excluding hydrogens is 466 g/mol. The van der Waals surface area contributed by atoms with Crippen LogP contribution in [0.4, 0.5) is 10.5 Å². The Bertz CT molecular complexity index is 971. The Hall–Kier alpha value is -3.15. The Morgan fingerprint density at radius 2 is 1.97 bits per heavy atom. The molecule has 1 heterocycles. The number of esters is 1. The summed E-state index contributed by atoms with van der Waals surface area (Å²) >= 11 is 3.89. The van der Waals surface area contributed by atoms with Crippen LogP contribution in [0.5, 0.6) is 17.2 Å². The summed E-state index contributed by atoms with van der Waals surface area (Å²) in [5.41, 5.74) is 1.06. The van der Waals surface area contributed by atoms with Crippen LogP contribution in [0.3, 0.4) is 0 Å². The van der Waals surface area contributed by atoms with E-state index in [4.69, 9.17) is 33.5 Å². The van der Waals surface area contributed by atoms with Crippen molar-refractivity contribution in [2.24, 2.45) is 0 Å². The molecule has 10 nitrogen and oxygen atoms in total. The van der Waals surface area contributed by atoms with Gasteiger partial charge in [-0.25, -0.2) is 4.79 Å². The molecule has 184 valence electrons. The highest BCUT2D eigenvalue weighted by Gasteiger charge is 2.28. The van der Waals surface area contributed by atoms with E-state index in [0.717, 1.165) is 0 Å². The predicted octanol–water partition coefficient (Wildman–Crippen LogP) is 2.95. The lowest BCUT2D eigenvalue weighted by Gasteiger charge is -2.27. The molecular formula is C23H27NO9S. The fourth-order valence-corrected chi connectivity index (χ4v) is 3.36. The van der Waals surface area contributed by atoms with Crippen LogP contribution in [0.15, 0.2) is 42.5 Å². The second-order valence-corrected chi connectivity index (χ2v) is 7.42. The van der Waals surface area contributed by atoms with Crippen molar-refractivity contribution in [2.75, 3.05) is 44.8 Å². The van der Waals surface area contributed by atoms with Crippen LogP contribution in [0.1, 0.15) is 18.1 Å². The van der Waals surface area contributed by atoms with Gasteiger partial charge < -0.3 is 33.5 Å². The third kappa shape index (κ3) is 7.17. The molecule has 0 bridgehead atoms. The molecule has 11 heteroatoms. The third-order valence-corrected chi connectivity index (χ3v) is 5.09. The average Bonchev–Trinajstić information content (AvgIpc) is 3.32. The second kappa shape index (κ2) is 12.9. The van der Waals surface area contributed by atoms with Crippen molar-refractivity contribution in [1.82, 2.24) is 0 Å². The molecule has 0 radical (unpaired) electrons. The van der Waals surface area contributed by atoms with Gasteiger partial charge in [-0.1, -0.05) is 12.1 Å². The van der Waals surface area contributed by atoms with Gasteiger partial charge in [0, 0.05) is 25.3 Å². The van der Waals surface area contributed by atoms with Gasteiger partial charge in [0.25, 0.3) is 0 Å². The SMILES string of the molecule is CO[C@@H](CCOC(=O)CS)[C@@H](OC(=O)Nc1ccc2c(c1)OCO2)c1cccc(OCCO)c1. The lowest BCUT2D eigenvalue weighted by molar-refractivity contribution is -0.141. The number of hydrogen-bond acceptors (Lipinski definition) is 10. The van der Waals surface area contributed by atoms with Crippen molar-refractivity contribution >= 4 is 30.4 Å². The number of thiol groups is 1. The number of anilines is 1. The van der Waals surface area contributed by atoms with E-state index >= 15 is 0 Å². The quantitative estimate of drug-likeness (QED) is 0.303. The van der Waals surface area contributed by atoms with Crippen LogP contribution in [0.25, 0.3) is 0 Å². The molecule has 0 spiro atoms. The molecule has 3 rings (SSSR count). The summed E-state index contributed by atoms with van der Waals surface area (Å²) in [6.45, 7) is 0.155. The molecule has 0 fully saturated rings. The Morgan fingerprint density at radius 3 is 2.74 bits per heavy atom. The van der Waals surface area contributed by atoms with Gasteiger partial charge in [-0.2, -0.15) is 12.6 Å². The van der Waals surface area contributed by atoms with E-state index in [1.165, 1.54) is 7.11 Å². The first kappa shape index (κ1) is 25.5. The van der Waals surface area contributed by atoms with Gasteiger partial charge in [0.2, 0.25) is 6.79 Å². The van der Waals surface area contributed by atoms with E-state index in [1.54, 1.807) is 42.5 Å². The van der Waals surface area contributed by atoms with Gasteiger partial charge in [0.15, 0.2) is 17.6 Å². The first-order valence-electron chi connectivity index (χ1n) is 10.5. The number of ether oxygens (including phenoxy) is 6. The summed E-state index contributed by atoms with van der Waals surface area (Å²) in [6, 6.07) is 11.9. The number of amides is 1. The van der Waals surface area contributed by atoms with Crippen LogP contribution in [0.2, 0.25) is 0 Å². The standard InChI is InChI=1S/C23H27NO9S/c1-28-19(7-9-30-21(26)13-34)22(15-3-2-4-17(11-15)29-10-8-25)33-23(27)24-16-5-6-18-20(12-16)32-14-31-18/h2-6,11-12,19,22,25,34H,7-10,13-14H2,1H3,(H,24,27)/t19-,22-/m0/s1. The number of aliphatic hydroxyl groups is 1. The molecule has 2 aromatic carbocycles. The highest BCUT2D eigenvalue weighted by Crippen LogP contribution is 2.35. The third-order valence-electron chi connectivity index (χ3n) is 4.83. The number of nitrogens with one attached hydrogen (secondary N) is 1. The Morgan fingerprint density at radius 1 is 1.15 bits per heavy atom. The van der Waals surface area contributed by atoms with Gasteiger partial charge in [0.1, 0.15) is 18.5 Å². The number of hydrogen-bond donors (Lipinski definition) is 3. The van der Waals surface area contributed by atoms with E-state index in [-0.39, 0.29) is 38.8 Å². The fraction of sp³-hybridized carbons (Fsp3) is 0.391. The first-order chi connectivity index (χ1) is 16.5. The predicted molar refractivity (Wildman–Crippen MR) is 125 cm³/mol. The lowest BCUT2D eigenvalue weighted by Crippen LogP contribution is -2.29. The maximum atomic E-state index is 12.8. The normalized spacial score (nSPS) is 13.6. The van der Waals surface area contributed by atoms with Crippen LogP contribution in [-0.2, 0) is 19.0 Å². The number of carbonyl (C=O) groups is 2. The van der Waals surface area contributed by atoms with E-state index in [9.17, 15) is 9.59 Å². The molecule has 1 aliphatic heterocycles.